The molecule has 4 nitrogen and oxygen atoms in total. The molecule has 19 heavy (non-hydrogen) atoms. The number of likely N-dealkylation sites (tertiary alicyclic amines) is 1. The van der Waals surface area contributed by atoms with Crippen molar-refractivity contribution in [2.75, 3.05) is 19.6 Å². The molecule has 3 rings (SSSR count). The Balaban J connectivity index is 1.73. The van der Waals surface area contributed by atoms with Gasteiger partial charge >= 0.3 is 0 Å². The van der Waals surface area contributed by atoms with Crippen molar-refractivity contribution < 1.29 is 9.21 Å². The van der Waals surface area contributed by atoms with Gasteiger partial charge in [-0.3, -0.25) is 9.69 Å². The average molecular weight is 262 g/mol. The second-order valence-corrected chi connectivity index (χ2v) is 6.18. The molecule has 0 aliphatic carbocycles. The Morgan fingerprint density at radius 1 is 1.53 bits per heavy atom. The van der Waals surface area contributed by atoms with Crippen LogP contribution in [0.5, 0.6) is 0 Å². The van der Waals surface area contributed by atoms with Gasteiger partial charge in [-0.25, -0.2) is 0 Å². The first-order valence-corrected chi connectivity index (χ1v) is 7.08. The van der Waals surface area contributed by atoms with Gasteiger partial charge in [0, 0.05) is 19.6 Å². The molecule has 1 aromatic heterocycles. The maximum absolute atomic E-state index is 12.1. The minimum absolute atomic E-state index is 0.156. The Morgan fingerprint density at radius 3 is 2.89 bits per heavy atom. The smallest absolute Gasteiger partial charge is 0.227 e. The summed E-state index contributed by atoms with van der Waals surface area (Å²) in [6, 6.07) is 2.11. The molecule has 104 valence electrons. The van der Waals surface area contributed by atoms with Gasteiger partial charge in [0.1, 0.15) is 11.5 Å². The van der Waals surface area contributed by atoms with Crippen LogP contribution in [0.2, 0.25) is 0 Å². The first-order valence-electron chi connectivity index (χ1n) is 7.08. The van der Waals surface area contributed by atoms with Gasteiger partial charge in [-0.05, 0) is 37.8 Å². The number of nitrogens with zero attached hydrogens (tertiary/aromatic N) is 1. The maximum atomic E-state index is 12.1. The average Bonchev–Trinajstić information content (AvgIpc) is 2.94. The van der Waals surface area contributed by atoms with Crippen LogP contribution in [-0.2, 0) is 11.3 Å². The Labute approximate surface area is 114 Å². The van der Waals surface area contributed by atoms with Gasteiger partial charge in [0.15, 0.2) is 0 Å². The van der Waals surface area contributed by atoms with Crippen molar-refractivity contribution in [1.82, 2.24) is 10.2 Å². The highest BCUT2D eigenvalue weighted by Crippen LogP contribution is 2.42. The summed E-state index contributed by atoms with van der Waals surface area (Å²) in [4.78, 5) is 14.5. The van der Waals surface area contributed by atoms with E-state index in [9.17, 15) is 4.79 Å². The number of hydrogen-bond acceptors (Lipinski definition) is 3. The molecule has 1 spiro atoms. The molecule has 1 N–H and O–H groups in total. The van der Waals surface area contributed by atoms with Crippen LogP contribution in [0.1, 0.15) is 30.4 Å². The van der Waals surface area contributed by atoms with E-state index in [1.165, 1.54) is 5.56 Å². The molecule has 2 aliphatic rings. The molecule has 2 aliphatic heterocycles. The van der Waals surface area contributed by atoms with E-state index >= 15 is 0 Å². The molecule has 0 unspecified atom stereocenters. The SMILES string of the molecule is Cc1cc(CN2C[C@@H](C)[C@@]3(CCNC3=O)C2)oc1C. The molecule has 2 fully saturated rings. The number of amides is 1. The van der Waals surface area contributed by atoms with E-state index in [4.69, 9.17) is 4.42 Å². The predicted molar refractivity (Wildman–Crippen MR) is 72.7 cm³/mol. The number of nitrogens with one attached hydrogen (secondary N) is 1. The first-order chi connectivity index (χ1) is 9.01. The van der Waals surface area contributed by atoms with Crippen molar-refractivity contribution in [2.45, 2.75) is 33.7 Å². The standard InChI is InChI=1S/C15H22N2O2/c1-10-6-13(19-12(10)3)8-17-7-11(2)15(9-17)4-5-16-14(15)18/h6,11H,4-5,7-9H2,1-3H3,(H,16,18)/t11-,15-/m1/s1. The maximum Gasteiger partial charge on any atom is 0.227 e. The van der Waals surface area contributed by atoms with E-state index in [0.29, 0.717) is 5.92 Å². The highest BCUT2D eigenvalue weighted by atomic mass is 16.3. The second kappa shape index (κ2) is 4.37. The lowest BCUT2D eigenvalue weighted by molar-refractivity contribution is -0.128. The Bertz CT molecular complexity index is 489. The molecule has 0 saturated carbocycles. The van der Waals surface area contributed by atoms with E-state index in [1.54, 1.807) is 0 Å². The van der Waals surface area contributed by atoms with Gasteiger partial charge in [0.05, 0.1) is 12.0 Å². The van der Waals surface area contributed by atoms with Crippen LogP contribution in [0.15, 0.2) is 10.5 Å². The third-order valence-electron chi connectivity index (χ3n) is 4.89. The van der Waals surface area contributed by atoms with Gasteiger partial charge in [0.25, 0.3) is 0 Å². The summed E-state index contributed by atoms with van der Waals surface area (Å²) in [5.41, 5.74) is 1.05. The Kier molecular flexibility index (Phi) is 2.93. The summed E-state index contributed by atoms with van der Waals surface area (Å²) in [6.07, 6.45) is 0.972. The van der Waals surface area contributed by atoms with Crippen molar-refractivity contribution in [1.29, 1.82) is 0 Å². The Morgan fingerprint density at radius 2 is 2.32 bits per heavy atom. The van der Waals surface area contributed by atoms with Gasteiger partial charge < -0.3 is 9.73 Å². The fourth-order valence-corrected chi connectivity index (χ4v) is 3.56. The van der Waals surface area contributed by atoms with Crippen molar-refractivity contribution in [3.05, 3.63) is 23.2 Å². The zero-order chi connectivity index (χ0) is 13.6. The highest BCUT2D eigenvalue weighted by molar-refractivity contribution is 5.85. The van der Waals surface area contributed by atoms with Crippen LogP contribution in [-0.4, -0.2) is 30.4 Å². The Hall–Kier alpha value is -1.29. The highest BCUT2D eigenvalue weighted by Gasteiger charge is 2.52. The van der Waals surface area contributed by atoms with Crippen molar-refractivity contribution in [2.24, 2.45) is 11.3 Å². The van der Waals surface area contributed by atoms with Gasteiger partial charge in [-0.1, -0.05) is 6.92 Å². The minimum atomic E-state index is -0.156. The van der Waals surface area contributed by atoms with E-state index in [-0.39, 0.29) is 11.3 Å². The van der Waals surface area contributed by atoms with Crippen LogP contribution in [0.4, 0.5) is 0 Å². The monoisotopic (exact) mass is 262 g/mol. The predicted octanol–water partition coefficient (Wildman–Crippen LogP) is 1.85. The lowest BCUT2D eigenvalue weighted by Crippen LogP contribution is -2.37. The third kappa shape index (κ3) is 1.98. The van der Waals surface area contributed by atoms with Gasteiger partial charge in [0.2, 0.25) is 5.91 Å². The molecule has 0 aromatic carbocycles. The van der Waals surface area contributed by atoms with Crippen LogP contribution < -0.4 is 5.32 Å². The normalized spacial score (nSPS) is 31.3. The van der Waals surface area contributed by atoms with E-state index in [2.05, 4.69) is 30.1 Å². The van der Waals surface area contributed by atoms with Gasteiger partial charge in [-0.15, -0.1) is 0 Å². The summed E-state index contributed by atoms with van der Waals surface area (Å²) in [7, 11) is 0. The van der Waals surface area contributed by atoms with Crippen molar-refractivity contribution in [3.8, 4) is 0 Å². The fraction of sp³-hybridized carbons (Fsp3) is 0.667. The summed E-state index contributed by atoms with van der Waals surface area (Å²) in [6.45, 7) is 9.75. The van der Waals surface area contributed by atoms with Crippen LogP contribution >= 0.6 is 0 Å². The molecule has 1 aromatic rings. The van der Waals surface area contributed by atoms with Crippen molar-refractivity contribution >= 4 is 5.91 Å². The van der Waals surface area contributed by atoms with E-state index in [1.807, 2.05) is 6.92 Å². The number of furan rings is 1. The molecule has 1 amide bonds. The first kappa shape index (κ1) is 12.7. The largest absolute Gasteiger partial charge is 0.465 e. The van der Waals surface area contributed by atoms with Crippen LogP contribution in [0.3, 0.4) is 0 Å². The lowest BCUT2D eigenvalue weighted by atomic mass is 9.78. The van der Waals surface area contributed by atoms with Crippen LogP contribution in [0, 0.1) is 25.2 Å². The zero-order valence-corrected chi connectivity index (χ0v) is 12.0. The molecular weight excluding hydrogens is 240 g/mol. The quantitative estimate of drug-likeness (QED) is 0.885. The molecule has 0 radical (unpaired) electrons. The van der Waals surface area contributed by atoms with E-state index in [0.717, 1.165) is 44.1 Å². The zero-order valence-electron chi connectivity index (χ0n) is 12.0. The number of aryl methyl sites for hydroxylation is 2. The number of hydrogen-bond donors (Lipinski definition) is 1. The molecule has 2 atom stereocenters. The topological polar surface area (TPSA) is 45.5 Å². The summed E-state index contributed by atoms with van der Waals surface area (Å²) < 4.78 is 5.75. The summed E-state index contributed by atoms with van der Waals surface area (Å²) in [5, 5.41) is 2.99. The molecule has 4 heteroatoms. The van der Waals surface area contributed by atoms with Crippen molar-refractivity contribution in [3.63, 3.8) is 0 Å². The lowest BCUT2D eigenvalue weighted by Gasteiger charge is -2.24. The summed E-state index contributed by atoms with van der Waals surface area (Å²) in [5.74, 6) is 2.68. The van der Waals surface area contributed by atoms with Gasteiger partial charge in [-0.2, -0.15) is 0 Å². The minimum Gasteiger partial charge on any atom is -0.465 e. The number of carbonyl (C=O) groups excluding carboxylic acids is 1. The second-order valence-electron chi connectivity index (χ2n) is 6.18. The summed E-state index contributed by atoms with van der Waals surface area (Å²) >= 11 is 0. The molecule has 0 bridgehead atoms. The van der Waals surface area contributed by atoms with E-state index < -0.39 is 0 Å². The fourth-order valence-electron chi connectivity index (χ4n) is 3.56. The number of rotatable bonds is 2. The molecule has 2 saturated heterocycles. The molecule has 3 heterocycles. The number of carbonyl (C=O) groups is 1. The van der Waals surface area contributed by atoms with Crippen LogP contribution in [0.25, 0.3) is 0 Å². The molecular formula is C15H22N2O2. The third-order valence-corrected chi connectivity index (χ3v) is 4.89.